The standard InChI is InChI=1S/C10H10BrNO2/c1-12-9(6-14-10(12)13)7-4-2-3-5-8(7)11/h2-5,9H,6H2,1H3. The minimum absolute atomic E-state index is 0.0260. The molecule has 1 aromatic carbocycles. The van der Waals surface area contributed by atoms with E-state index < -0.39 is 0 Å². The molecule has 0 radical (unpaired) electrons. The zero-order chi connectivity index (χ0) is 10.1. The summed E-state index contributed by atoms with van der Waals surface area (Å²) >= 11 is 3.46. The van der Waals surface area contributed by atoms with Crippen LogP contribution in [0.2, 0.25) is 0 Å². The Morgan fingerprint density at radius 2 is 2.21 bits per heavy atom. The van der Waals surface area contributed by atoms with Crippen molar-refractivity contribution in [3.05, 3.63) is 34.3 Å². The number of ether oxygens (including phenoxy) is 1. The topological polar surface area (TPSA) is 29.5 Å². The summed E-state index contributed by atoms with van der Waals surface area (Å²) in [6.45, 7) is 0.429. The number of carbonyl (C=O) groups is 1. The molecule has 1 unspecified atom stereocenters. The van der Waals surface area contributed by atoms with Gasteiger partial charge in [-0.15, -0.1) is 0 Å². The Labute approximate surface area is 90.8 Å². The number of nitrogens with zero attached hydrogens (tertiary/aromatic N) is 1. The number of hydrogen-bond acceptors (Lipinski definition) is 2. The molecule has 1 aromatic rings. The summed E-state index contributed by atoms with van der Waals surface area (Å²) < 4.78 is 5.96. The van der Waals surface area contributed by atoms with Crippen LogP contribution in [-0.2, 0) is 4.74 Å². The first kappa shape index (κ1) is 9.52. The summed E-state index contributed by atoms with van der Waals surface area (Å²) in [4.78, 5) is 12.8. The van der Waals surface area contributed by atoms with Crippen LogP contribution in [0.5, 0.6) is 0 Å². The highest BCUT2D eigenvalue weighted by Gasteiger charge is 2.31. The van der Waals surface area contributed by atoms with E-state index in [9.17, 15) is 4.79 Å². The van der Waals surface area contributed by atoms with Crippen LogP contribution in [0.15, 0.2) is 28.7 Å². The van der Waals surface area contributed by atoms with E-state index in [0.717, 1.165) is 10.0 Å². The Kier molecular flexibility index (Phi) is 2.46. The molecular formula is C10H10BrNO2. The molecule has 1 heterocycles. The molecule has 0 aromatic heterocycles. The summed E-state index contributed by atoms with van der Waals surface area (Å²) in [5.74, 6) is 0. The number of amides is 1. The molecule has 1 saturated heterocycles. The van der Waals surface area contributed by atoms with Crippen LogP contribution in [0.3, 0.4) is 0 Å². The number of carbonyl (C=O) groups excluding carboxylic acids is 1. The lowest BCUT2D eigenvalue weighted by molar-refractivity contribution is 0.163. The second-order valence-electron chi connectivity index (χ2n) is 3.23. The molecule has 1 atom stereocenters. The first-order chi connectivity index (χ1) is 6.70. The molecule has 2 rings (SSSR count). The van der Waals surface area contributed by atoms with E-state index in [-0.39, 0.29) is 12.1 Å². The van der Waals surface area contributed by atoms with Crippen LogP contribution in [0.1, 0.15) is 11.6 Å². The van der Waals surface area contributed by atoms with Crippen LogP contribution < -0.4 is 0 Å². The predicted molar refractivity (Wildman–Crippen MR) is 56.0 cm³/mol. The molecule has 4 heteroatoms. The Bertz CT molecular complexity index is 367. The van der Waals surface area contributed by atoms with Crippen molar-refractivity contribution in [2.45, 2.75) is 6.04 Å². The quantitative estimate of drug-likeness (QED) is 0.772. The summed E-state index contributed by atoms with van der Waals surface area (Å²) in [6.07, 6.45) is -0.259. The van der Waals surface area contributed by atoms with Crippen LogP contribution >= 0.6 is 15.9 Å². The molecule has 0 spiro atoms. The van der Waals surface area contributed by atoms with E-state index >= 15 is 0 Å². The fraction of sp³-hybridized carbons (Fsp3) is 0.300. The van der Waals surface area contributed by atoms with E-state index in [0.29, 0.717) is 6.61 Å². The van der Waals surface area contributed by atoms with Gasteiger partial charge in [0.1, 0.15) is 6.61 Å². The fourth-order valence-corrected chi connectivity index (χ4v) is 2.08. The highest BCUT2D eigenvalue weighted by atomic mass is 79.9. The SMILES string of the molecule is CN1C(=O)OCC1c1ccccc1Br. The minimum atomic E-state index is -0.259. The lowest BCUT2D eigenvalue weighted by Crippen LogP contribution is -2.22. The molecular weight excluding hydrogens is 246 g/mol. The summed E-state index contributed by atoms with van der Waals surface area (Å²) in [5.41, 5.74) is 1.08. The van der Waals surface area contributed by atoms with Gasteiger partial charge in [0.25, 0.3) is 0 Å². The average Bonchev–Trinajstić information content (AvgIpc) is 2.49. The third-order valence-electron chi connectivity index (χ3n) is 2.38. The molecule has 1 amide bonds. The number of benzene rings is 1. The van der Waals surface area contributed by atoms with Crippen molar-refractivity contribution in [2.75, 3.05) is 13.7 Å². The Balaban J connectivity index is 2.32. The van der Waals surface area contributed by atoms with Crippen LogP contribution in [0.4, 0.5) is 4.79 Å². The minimum Gasteiger partial charge on any atom is -0.447 e. The maximum absolute atomic E-state index is 11.2. The number of hydrogen-bond donors (Lipinski definition) is 0. The van der Waals surface area contributed by atoms with Gasteiger partial charge in [-0.1, -0.05) is 34.1 Å². The van der Waals surface area contributed by atoms with Crippen LogP contribution in [0.25, 0.3) is 0 Å². The van der Waals surface area contributed by atoms with Crippen molar-refractivity contribution in [3.63, 3.8) is 0 Å². The summed E-state index contributed by atoms with van der Waals surface area (Å²) in [7, 11) is 1.75. The molecule has 14 heavy (non-hydrogen) atoms. The first-order valence-electron chi connectivity index (χ1n) is 4.34. The lowest BCUT2D eigenvalue weighted by Gasteiger charge is -2.17. The van der Waals surface area contributed by atoms with Gasteiger partial charge in [0, 0.05) is 11.5 Å². The van der Waals surface area contributed by atoms with Crippen LogP contribution in [0, 0.1) is 0 Å². The van der Waals surface area contributed by atoms with E-state index in [1.165, 1.54) is 0 Å². The van der Waals surface area contributed by atoms with E-state index in [1.807, 2.05) is 24.3 Å². The zero-order valence-corrected chi connectivity index (χ0v) is 9.32. The highest BCUT2D eigenvalue weighted by molar-refractivity contribution is 9.10. The van der Waals surface area contributed by atoms with Crippen molar-refractivity contribution in [1.29, 1.82) is 0 Å². The molecule has 74 valence electrons. The van der Waals surface area contributed by atoms with Gasteiger partial charge in [0.05, 0.1) is 6.04 Å². The largest absolute Gasteiger partial charge is 0.447 e. The predicted octanol–water partition coefficient (Wildman–Crippen LogP) is 2.57. The normalized spacial score (nSPS) is 21.1. The zero-order valence-electron chi connectivity index (χ0n) is 7.74. The molecule has 3 nitrogen and oxygen atoms in total. The Hall–Kier alpha value is -1.03. The number of halogens is 1. The lowest BCUT2D eigenvalue weighted by atomic mass is 10.1. The van der Waals surface area contributed by atoms with E-state index in [2.05, 4.69) is 15.9 Å². The van der Waals surface area contributed by atoms with Crippen molar-refractivity contribution in [2.24, 2.45) is 0 Å². The molecule has 0 saturated carbocycles. The van der Waals surface area contributed by atoms with Gasteiger partial charge in [-0.05, 0) is 11.6 Å². The number of rotatable bonds is 1. The highest BCUT2D eigenvalue weighted by Crippen LogP contribution is 2.30. The number of cyclic esters (lactones) is 1. The third kappa shape index (κ3) is 1.50. The monoisotopic (exact) mass is 255 g/mol. The first-order valence-corrected chi connectivity index (χ1v) is 5.13. The fourth-order valence-electron chi connectivity index (χ4n) is 1.53. The second-order valence-corrected chi connectivity index (χ2v) is 4.08. The smallest absolute Gasteiger partial charge is 0.410 e. The van der Waals surface area contributed by atoms with Gasteiger partial charge in [-0.2, -0.15) is 0 Å². The second kappa shape index (κ2) is 3.61. The van der Waals surface area contributed by atoms with E-state index in [4.69, 9.17) is 4.74 Å². The van der Waals surface area contributed by atoms with Gasteiger partial charge in [-0.3, -0.25) is 0 Å². The van der Waals surface area contributed by atoms with Crippen molar-refractivity contribution in [3.8, 4) is 0 Å². The van der Waals surface area contributed by atoms with Gasteiger partial charge in [0.2, 0.25) is 0 Å². The van der Waals surface area contributed by atoms with Gasteiger partial charge in [-0.25, -0.2) is 4.79 Å². The molecule has 1 fully saturated rings. The molecule has 1 aliphatic heterocycles. The Morgan fingerprint density at radius 3 is 2.79 bits per heavy atom. The summed E-state index contributed by atoms with van der Waals surface area (Å²) in [5, 5.41) is 0. The van der Waals surface area contributed by atoms with Gasteiger partial charge >= 0.3 is 6.09 Å². The molecule has 1 aliphatic rings. The summed E-state index contributed by atoms with van der Waals surface area (Å²) in [6, 6.07) is 7.89. The van der Waals surface area contributed by atoms with Crippen molar-refractivity contribution in [1.82, 2.24) is 4.90 Å². The average molecular weight is 256 g/mol. The van der Waals surface area contributed by atoms with Crippen molar-refractivity contribution < 1.29 is 9.53 Å². The van der Waals surface area contributed by atoms with Crippen LogP contribution in [-0.4, -0.2) is 24.6 Å². The molecule has 0 N–H and O–H groups in total. The van der Waals surface area contributed by atoms with Gasteiger partial charge < -0.3 is 9.64 Å². The third-order valence-corrected chi connectivity index (χ3v) is 3.11. The van der Waals surface area contributed by atoms with Crippen molar-refractivity contribution >= 4 is 22.0 Å². The van der Waals surface area contributed by atoms with Gasteiger partial charge in [0.15, 0.2) is 0 Å². The molecule has 0 bridgehead atoms. The molecule has 0 aliphatic carbocycles. The van der Waals surface area contributed by atoms with E-state index in [1.54, 1.807) is 11.9 Å². The number of likely N-dealkylation sites (N-methyl/N-ethyl adjacent to an activating group) is 1. The Morgan fingerprint density at radius 1 is 1.50 bits per heavy atom. The maximum atomic E-state index is 11.2. The maximum Gasteiger partial charge on any atom is 0.410 e.